The topological polar surface area (TPSA) is 58.2 Å². The lowest BCUT2D eigenvalue weighted by Crippen LogP contribution is -2.26. The van der Waals surface area contributed by atoms with Gasteiger partial charge in [0.25, 0.3) is 0 Å². The predicted molar refractivity (Wildman–Crippen MR) is 77.1 cm³/mol. The first-order valence-corrected chi connectivity index (χ1v) is 8.40. The van der Waals surface area contributed by atoms with E-state index in [4.69, 9.17) is 0 Å². The van der Waals surface area contributed by atoms with Crippen LogP contribution in [0.2, 0.25) is 0 Å². The highest BCUT2D eigenvalue weighted by Crippen LogP contribution is 2.17. The number of hydrogen-bond donors (Lipinski definition) is 2. The molecular formula is C14H22N2O2S. The first-order chi connectivity index (χ1) is 8.96. The summed E-state index contributed by atoms with van der Waals surface area (Å²) in [5.41, 5.74) is 3.61. The minimum absolute atomic E-state index is 0.206. The Morgan fingerprint density at radius 1 is 1.26 bits per heavy atom. The van der Waals surface area contributed by atoms with E-state index in [0.29, 0.717) is 18.9 Å². The van der Waals surface area contributed by atoms with Gasteiger partial charge in [0.15, 0.2) is 0 Å². The molecule has 0 bridgehead atoms. The van der Waals surface area contributed by atoms with Gasteiger partial charge in [0.2, 0.25) is 10.0 Å². The van der Waals surface area contributed by atoms with E-state index in [2.05, 4.69) is 22.2 Å². The first-order valence-electron chi connectivity index (χ1n) is 6.75. The standard InChI is InChI=1S/C14H22N2O2S/c1-11(2)5-6-19(17,18)16-8-12-3-4-13-9-15-10-14(13)7-12/h3-4,7,11,15-16H,5-6,8-10H2,1-2H3. The second-order valence-corrected chi connectivity index (χ2v) is 7.46. The monoisotopic (exact) mass is 282 g/mol. The van der Waals surface area contributed by atoms with Crippen LogP contribution in [0.4, 0.5) is 0 Å². The molecule has 2 N–H and O–H groups in total. The highest BCUT2D eigenvalue weighted by molar-refractivity contribution is 7.89. The molecule has 0 radical (unpaired) electrons. The van der Waals surface area contributed by atoms with E-state index < -0.39 is 10.0 Å². The van der Waals surface area contributed by atoms with Crippen LogP contribution < -0.4 is 10.0 Å². The van der Waals surface area contributed by atoms with Gasteiger partial charge >= 0.3 is 0 Å². The minimum atomic E-state index is -3.15. The fraction of sp³-hybridized carbons (Fsp3) is 0.571. The minimum Gasteiger partial charge on any atom is -0.309 e. The zero-order valence-electron chi connectivity index (χ0n) is 11.6. The number of rotatable bonds is 6. The van der Waals surface area contributed by atoms with Crippen molar-refractivity contribution >= 4 is 10.0 Å². The van der Waals surface area contributed by atoms with E-state index >= 15 is 0 Å². The van der Waals surface area contributed by atoms with E-state index in [-0.39, 0.29) is 5.75 Å². The van der Waals surface area contributed by atoms with Crippen LogP contribution in [0.25, 0.3) is 0 Å². The molecule has 2 rings (SSSR count). The van der Waals surface area contributed by atoms with E-state index in [9.17, 15) is 8.42 Å². The fourth-order valence-electron chi connectivity index (χ4n) is 2.11. The maximum absolute atomic E-state index is 11.8. The molecule has 1 heterocycles. The van der Waals surface area contributed by atoms with Crippen molar-refractivity contribution in [3.05, 3.63) is 34.9 Å². The molecule has 5 heteroatoms. The van der Waals surface area contributed by atoms with Crippen LogP contribution in [0.5, 0.6) is 0 Å². The van der Waals surface area contributed by atoms with Crippen molar-refractivity contribution in [2.24, 2.45) is 5.92 Å². The van der Waals surface area contributed by atoms with Gasteiger partial charge in [-0.05, 0) is 29.0 Å². The van der Waals surface area contributed by atoms with Gasteiger partial charge in [-0.25, -0.2) is 13.1 Å². The molecular weight excluding hydrogens is 260 g/mol. The molecule has 0 aromatic heterocycles. The van der Waals surface area contributed by atoms with Crippen LogP contribution >= 0.6 is 0 Å². The molecule has 0 saturated carbocycles. The average Bonchev–Trinajstić information content (AvgIpc) is 2.81. The third-order valence-corrected chi connectivity index (χ3v) is 4.72. The molecule has 0 atom stereocenters. The number of fused-ring (bicyclic) bond motifs is 1. The maximum Gasteiger partial charge on any atom is 0.211 e. The molecule has 1 aliphatic heterocycles. The van der Waals surface area contributed by atoms with Crippen LogP contribution in [0.15, 0.2) is 18.2 Å². The maximum atomic E-state index is 11.8. The Morgan fingerprint density at radius 3 is 2.74 bits per heavy atom. The first kappa shape index (κ1) is 14.5. The second-order valence-electron chi connectivity index (χ2n) is 5.53. The second kappa shape index (κ2) is 6.03. The largest absolute Gasteiger partial charge is 0.309 e. The number of benzene rings is 1. The van der Waals surface area contributed by atoms with E-state index in [1.54, 1.807) is 0 Å². The molecule has 0 aliphatic carbocycles. The molecule has 0 amide bonds. The predicted octanol–water partition coefficient (Wildman–Crippen LogP) is 1.76. The molecule has 1 aliphatic rings. The van der Waals surface area contributed by atoms with Gasteiger partial charge in [-0.15, -0.1) is 0 Å². The number of sulfonamides is 1. The van der Waals surface area contributed by atoms with Crippen LogP contribution in [0.1, 0.15) is 37.0 Å². The Balaban J connectivity index is 1.91. The summed E-state index contributed by atoms with van der Waals surface area (Å²) in [5, 5.41) is 3.28. The smallest absolute Gasteiger partial charge is 0.211 e. The summed E-state index contributed by atoms with van der Waals surface area (Å²) < 4.78 is 26.3. The summed E-state index contributed by atoms with van der Waals surface area (Å²) in [4.78, 5) is 0. The molecule has 0 unspecified atom stereocenters. The van der Waals surface area contributed by atoms with Gasteiger partial charge in [0.05, 0.1) is 5.75 Å². The van der Waals surface area contributed by atoms with E-state index in [0.717, 1.165) is 18.7 Å². The number of nitrogens with one attached hydrogen (secondary N) is 2. The third-order valence-electron chi connectivity index (χ3n) is 3.36. The fourth-order valence-corrected chi connectivity index (χ4v) is 3.43. The SMILES string of the molecule is CC(C)CCS(=O)(=O)NCc1ccc2c(c1)CNC2. The molecule has 1 aromatic rings. The van der Waals surface area contributed by atoms with E-state index in [1.165, 1.54) is 11.1 Å². The Hall–Kier alpha value is -0.910. The lowest BCUT2D eigenvalue weighted by Gasteiger charge is -2.09. The van der Waals surface area contributed by atoms with Crippen molar-refractivity contribution in [3.8, 4) is 0 Å². The summed E-state index contributed by atoms with van der Waals surface area (Å²) in [5.74, 6) is 0.611. The Bertz CT molecular complexity index is 538. The summed E-state index contributed by atoms with van der Waals surface area (Å²) in [6.45, 7) is 6.23. The molecule has 4 nitrogen and oxygen atoms in total. The van der Waals surface area contributed by atoms with Crippen LogP contribution in [-0.2, 0) is 29.7 Å². The summed E-state index contributed by atoms with van der Waals surface area (Å²) in [6.07, 6.45) is 0.698. The van der Waals surface area contributed by atoms with E-state index in [1.807, 2.05) is 19.9 Å². The zero-order valence-corrected chi connectivity index (χ0v) is 12.4. The summed E-state index contributed by atoms with van der Waals surface area (Å²) in [6, 6.07) is 6.16. The lowest BCUT2D eigenvalue weighted by atomic mass is 10.1. The van der Waals surface area contributed by atoms with Crippen molar-refractivity contribution < 1.29 is 8.42 Å². The van der Waals surface area contributed by atoms with Crippen LogP contribution in [-0.4, -0.2) is 14.2 Å². The molecule has 0 spiro atoms. The molecule has 1 aromatic carbocycles. The van der Waals surface area contributed by atoms with Gasteiger partial charge in [0, 0.05) is 19.6 Å². The Kier molecular flexibility index (Phi) is 4.60. The molecule has 19 heavy (non-hydrogen) atoms. The quantitative estimate of drug-likeness (QED) is 0.836. The van der Waals surface area contributed by atoms with Crippen molar-refractivity contribution in [2.45, 2.75) is 39.9 Å². The summed E-state index contributed by atoms with van der Waals surface area (Å²) >= 11 is 0. The van der Waals surface area contributed by atoms with Gasteiger partial charge in [0.1, 0.15) is 0 Å². The van der Waals surface area contributed by atoms with Gasteiger partial charge in [-0.1, -0.05) is 32.0 Å². The third kappa shape index (κ3) is 4.30. The summed E-state index contributed by atoms with van der Waals surface area (Å²) in [7, 11) is -3.15. The Labute approximate surface area is 115 Å². The molecule has 0 fully saturated rings. The average molecular weight is 282 g/mol. The van der Waals surface area contributed by atoms with Gasteiger partial charge in [-0.2, -0.15) is 0 Å². The normalized spacial score (nSPS) is 14.9. The lowest BCUT2D eigenvalue weighted by molar-refractivity contribution is 0.561. The highest BCUT2D eigenvalue weighted by atomic mass is 32.2. The molecule has 0 saturated heterocycles. The van der Waals surface area contributed by atoms with Crippen molar-refractivity contribution in [1.29, 1.82) is 0 Å². The number of hydrogen-bond acceptors (Lipinski definition) is 3. The highest BCUT2D eigenvalue weighted by Gasteiger charge is 2.13. The van der Waals surface area contributed by atoms with Crippen molar-refractivity contribution in [2.75, 3.05) is 5.75 Å². The Morgan fingerprint density at radius 2 is 2.00 bits per heavy atom. The zero-order chi connectivity index (χ0) is 13.9. The van der Waals surface area contributed by atoms with Crippen LogP contribution in [0, 0.1) is 5.92 Å². The van der Waals surface area contributed by atoms with Gasteiger partial charge < -0.3 is 5.32 Å². The van der Waals surface area contributed by atoms with Crippen LogP contribution in [0.3, 0.4) is 0 Å². The van der Waals surface area contributed by atoms with Gasteiger partial charge in [-0.3, -0.25) is 0 Å². The molecule has 106 valence electrons. The van der Waals surface area contributed by atoms with Crippen molar-refractivity contribution in [1.82, 2.24) is 10.0 Å². The van der Waals surface area contributed by atoms with Crippen molar-refractivity contribution in [3.63, 3.8) is 0 Å².